The highest BCUT2D eigenvalue weighted by Gasteiger charge is 2.33. The van der Waals surface area contributed by atoms with E-state index in [2.05, 4.69) is 0 Å². The van der Waals surface area contributed by atoms with Crippen LogP contribution in [0.2, 0.25) is 0 Å². The number of para-hydroxylation sites is 1. The van der Waals surface area contributed by atoms with E-state index < -0.39 is 0 Å². The number of amides is 1. The molecule has 8 nitrogen and oxygen atoms in total. The first-order valence-electron chi connectivity index (χ1n) is 8.78. The van der Waals surface area contributed by atoms with Gasteiger partial charge in [0.2, 0.25) is 5.91 Å². The lowest BCUT2D eigenvalue weighted by Gasteiger charge is -2.24. The molecule has 0 radical (unpaired) electrons. The van der Waals surface area contributed by atoms with Crippen molar-refractivity contribution in [3.05, 3.63) is 58.5 Å². The number of ether oxygens (including phenoxy) is 2. The molecule has 0 aliphatic heterocycles. The Bertz CT molecular complexity index is 860. The number of benzene rings is 1. The number of hydrogen-bond donors (Lipinski definition) is 1. The van der Waals surface area contributed by atoms with Crippen molar-refractivity contribution in [3.63, 3.8) is 0 Å². The molecule has 1 N–H and O–H groups in total. The van der Waals surface area contributed by atoms with Crippen LogP contribution >= 0.6 is 0 Å². The van der Waals surface area contributed by atoms with Crippen molar-refractivity contribution in [1.29, 1.82) is 0 Å². The van der Waals surface area contributed by atoms with Crippen molar-refractivity contribution < 1.29 is 24.2 Å². The van der Waals surface area contributed by atoms with Gasteiger partial charge in [0.15, 0.2) is 5.75 Å². The Kier molecular flexibility index (Phi) is 7.62. The lowest BCUT2D eigenvalue weighted by atomic mass is 10.2. The summed E-state index contributed by atoms with van der Waals surface area (Å²) in [6.07, 6.45) is 3.60. The van der Waals surface area contributed by atoms with E-state index in [9.17, 15) is 9.59 Å². The molecule has 1 amide bonds. The van der Waals surface area contributed by atoms with Gasteiger partial charge in [0.1, 0.15) is 12.3 Å². The van der Waals surface area contributed by atoms with E-state index in [1.54, 1.807) is 25.4 Å². The quantitative estimate of drug-likeness (QED) is 0.726. The van der Waals surface area contributed by atoms with E-state index in [1.165, 1.54) is 11.7 Å². The monoisotopic (exact) mass is 388 g/mol. The van der Waals surface area contributed by atoms with Crippen LogP contribution in [0.25, 0.3) is 0 Å². The fraction of sp³-hybridized carbons (Fsp3) is 0.350. The highest BCUT2D eigenvalue weighted by molar-refractivity contribution is 5.77. The average Bonchev–Trinajstić information content (AvgIpc) is 3.53. The van der Waals surface area contributed by atoms with Gasteiger partial charge >= 0.3 is 0 Å². The molecule has 2 aromatic rings. The second-order valence-corrected chi connectivity index (χ2v) is 6.18. The lowest BCUT2D eigenvalue weighted by Crippen LogP contribution is -2.37. The molecule has 8 heteroatoms. The standard InChI is InChI=1S/C19H22N2O4.CH2O2/c1-24-16-7-4-3-6-14(16)12-21(15-9-10-15)18(22)13-20-11-5-8-17(25-2)19(20)23;2-1-3/h3-8,11,15H,9-10,12-13H2,1-2H3;1H,(H,2,3). The van der Waals surface area contributed by atoms with Gasteiger partial charge in [-0.15, -0.1) is 0 Å². The van der Waals surface area contributed by atoms with Crippen LogP contribution in [0.1, 0.15) is 18.4 Å². The van der Waals surface area contributed by atoms with Crippen LogP contribution < -0.4 is 15.0 Å². The van der Waals surface area contributed by atoms with Crippen molar-refractivity contribution in [3.8, 4) is 11.5 Å². The molecule has 1 aliphatic rings. The van der Waals surface area contributed by atoms with Gasteiger partial charge in [0.05, 0.1) is 14.2 Å². The van der Waals surface area contributed by atoms with Crippen LogP contribution in [0.3, 0.4) is 0 Å². The first-order chi connectivity index (χ1) is 13.5. The smallest absolute Gasteiger partial charge is 0.293 e. The number of methoxy groups -OCH3 is 2. The molecule has 28 heavy (non-hydrogen) atoms. The first-order valence-corrected chi connectivity index (χ1v) is 8.78. The first kappa shape index (κ1) is 21.0. The molecule has 0 saturated heterocycles. The molecule has 1 saturated carbocycles. The number of aromatic nitrogens is 1. The average molecular weight is 388 g/mol. The maximum Gasteiger partial charge on any atom is 0.293 e. The number of hydrogen-bond acceptors (Lipinski definition) is 5. The van der Waals surface area contributed by atoms with Crippen LogP contribution in [0, 0.1) is 0 Å². The number of pyridine rings is 1. The number of nitrogens with zero attached hydrogens (tertiary/aromatic N) is 2. The maximum absolute atomic E-state index is 12.8. The molecule has 0 bridgehead atoms. The molecule has 0 atom stereocenters. The van der Waals surface area contributed by atoms with E-state index in [0.717, 1.165) is 24.2 Å². The molecule has 1 aliphatic carbocycles. The molecule has 0 unspecified atom stereocenters. The third-order valence-corrected chi connectivity index (χ3v) is 4.35. The highest BCUT2D eigenvalue weighted by Crippen LogP contribution is 2.30. The van der Waals surface area contributed by atoms with Gasteiger partial charge in [-0.3, -0.25) is 14.4 Å². The summed E-state index contributed by atoms with van der Waals surface area (Å²) >= 11 is 0. The fourth-order valence-corrected chi connectivity index (χ4v) is 2.86. The Balaban J connectivity index is 0.000000878. The minimum Gasteiger partial charge on any atom is -0.496 e. The summed E-state index contributed by atoms with van der Waals surface area (Å²) in [6, 6.07) is 11.2. The molecule has 1 heterocycles. The van der Waals surface area contributed by atoms with E-state index in [1.807, 2.05) is 29.2 Å². The van der Waals surface area contributed by atoms with Crippen molar-refractivity contribution in [2.75, 3.05) is 14.2 Å². The van der Waals surface area contributed by atoms with Crippen LogP contribution in [0.4, 0.5) is 0 Å². The Morgan fingerprint density at radius 3 is 2.39 bits per heavy atom. The zero-order valence-electron chi connectivity index (χ0n) is 15.9. The van der Waals surface area contributed by atoms with Gasteiger partial charge in [-0.05, 0) is 31.0 Å². The Hall–Kier alpha value is -3.29. The summed E-state index contributed by atoms with van der Waals surface area (Å²) in [4.78, 5) is 35.3. The minimum absolute atomic E-state index is 0.00167. The predicted molar refractivity (Wildman–Crippen MR) is 103 cm³/mol. The molecule has 150 valence electrons. The van der Waals surface area contributed by atoms with Gasteiger partial charge in [-0.1, -0.05) is 18.2 Å². The van der Waals surface area contributed by atoms with Gasteiger partial charge < -0.3 is 24.0 Å². The third kappa shape index (κ3) is 5.35. The van der Waals surface area contributed by atoms with Crippen molar-refractivity contribution in [1.82, 2.24) is 9.47 Å². The van der Waals surface area contributed by atoms with Crippen molar-refractivity contribution in [2.45, 2.75) is 32.0 Å². The zero-order valence-corrected chi connectivity index (χ0v) is 15.9. The maximum atomic E-state index is 12.8. The lowest BCUT2D eigenvalue weighted by molar-refractivity contribution is -0.133. The largest absolute Gasteiger partial charge is 0.496 e. The van der Waals surface area contributed by atoms with Gasteiger partial charge in [-0.2, -0.15) is 0 Å². The molecule has 0 spiro atoms. The van der Waals surface area contributed by atoms with Crippen LogP contribution in [-0.2, 0) is 22.7 Å². The summed E-state index contributed by atoms with van der Waals surface area (Å²) in [7, 11) is 3.07. The zero-order chi connectivity index (χ0) is 20.5. The minimum atomic E-state index is -0.300. The Morgan fingerprint density at radius 1 is 1.18 bits per heavy atom. The van der Waals surface area contributed by atoms with Crippen LogP contribution in [0.5, 0.6) is 11.5 Å². The summed E-state index contributed by atoms with van der Waals surface area (Å²) in [5.41, 5.74) is 0.662. The highest BCUT2D eigenvalue weighted by atomic mass is 16.5. The van der Waals surface area contributed by atoms with Crippen molar-refractivity contribution in [2.24, 2.45) is 0 Å². The third-order valence-electron chi connectivity index (χ3n) is 4.35. The van der Waals surface area contributed by atoms with Crippen LogP contribution in [-0.4, -0.2) is 47.2 Å². The predicted octanol–water partition coefficient (Wildman–Crippen LogP) is 1.76. The van der Waals surface area contributed by atoms with Crippen molar-refractivity contribution >= 4 is 12.4 Å². The molecule has 1 aromatic heterocycles. The van der Waals surface area contributed by atoms with E-state index in [0.29, 0.717) is 6.54 Å². The second kappa shape index (κ2) is 10.1. The summed E-state index contributed by atoms with van der Waals surface area (Å²) in [5, 5.41) is 6.89. The summed E-state index contributed by atoms with van der Waals surface area (Å²) < 4.78 is 11.8. The van der Waals surface area contributed by atoms with Gasteiger partial charge in [-0.25, -0.2) is 0 Å². The second-order valence-electron chi connectivity index (χ2n) is 6.18. The van der Waals surface area contributed by atoms with E-state index >= 15 is 0 Å². The topological polar surface area (TPSA) is 98.1 Å². The molecule has 3 rings (SSSR count). The molecular formula is C20H24N2O6. The fourth-order valence-electron chi connectivity index (χ4n) is 2.86. The number of rotatable bonds is 7. The summed E-state index contributed by atoms with van der Waals surface area (Å²) in [6.45, 7) is 0.230. The number of carboxylic acid groups (broad SMARTS) is 1. The van der Waals surface area contributed by atoms with E-state index in [4.69, 9.17) is 19.4 Å². The Labute approximate surface area is 162 Å². The number of carbonyl (C=O) groups is 2. The molecule has 1 aromatic carbocycles. The van der Waals surface area contributed by atoms with Crippen LogP contribution in [0.15, 0.2) is 47.4 Å². The SMILES string of the molecule is COc1ccccc1CN(C(=O)Cn1cccc(OC)c1=O)C1CC1.O=CO. The molecular weight excluding hydrogens is 364 g/mol. The molecule has 1 fully saturated rings. The number of carbonyl (C=O) groups excluding carboxylic acids is 1. The van der Waals surface area contributed by atoms with E-state index in [-0.39, 0.29) is 36.3 Å². The summed E-state index contributed by atoms with van der Waals surface area (Å²) in [5.74, 6) is 0.918. The Morgan fingerprint density at radius 2 is 1.79 bits per heavy atom. The van der Waals surface area contributed by atoms with Gasteiger partial charge in [0, 0.05) is 24.3 Å². The van der Waals surface area contributed by atoms with Gasteiger partial charge in [0.25, 0.3) is 12.0 Å². The normalized spacial score (nSPS) is 12.4.